The number of carboxylic acid groups (broad SMARTS) is 1. The number of imidazole rings is 1. The molecule has 2 amide bonds. The second-order valence-electron chi connectivity index (χ2n) is 9.73. The number of amides is 2. The van der Waals surface area contributed by atoms with Gasteiger partial charge >= 0.3 is 6.09 Å². The number of carbonyl (C=O) groups excluding carboxylic acids is 1. The first-order valence-corrected chi connectivity index (χ1v) is 12.5. The van der Waals surface area contributed by atoms with E-state index in [0.717, 1.165) is 22.2 Å². The maximum Gasteiger partial charge on any atom is 0.405 e. The zero-order chi connectivity index (χ0) is 27.3. The van der Waals surface area contributed by atoms with Crippen LogP contribution in [0, 0.1) is 6.92 Å². The summed E-state index contributed by atoms with van der Waals surface area (Å²) in [5.41, 5.74) is 5.27. The number of fused-ring (bicyclic) bond motifs is 3. The van der Waals surface area contributed by atoms with Crippen LogP contribution in [0.3, 0.4) is 0 Å². The monoisotopic (exact) mass is 531 g/mol. The molecule has 0 radical (unpaired) electrons. The molecule has 0 saturated carbocycles. The lowest BCUT2D eigenvalue weighted by Crippen LogP contribution is -2.48. The Balaban J connectivity index is 1.42. The number of halogens is 1. The molecule has 0 unspecified atom stereocenters. The van der Waals surface area contributed by atoms with Gasteiger partial charge in [-0.1, -0.05) is 23.4 Å². The predicted molar refractivity (Wildman–Crippen MR) is 140 cm³/mol. The lowest BCUT2D eigenvalue weighted by molar-refractivity contribution is 0.0712. The van der Waals surface area contributed by atoms with E-state index >= 15 is 0 Å². The van der Waals surface area contributed by atoms with E-state index in [4.69, 9.17) is 19.6 Å². The van der Waals surface area contributed by atoms with Crippen molar-refractivity contribution in [3.8, 4) is 11.5 Å². The molecule has 1 atom stereocenters. The summed E-state index contributed by atoms with van der Waals surface area (Å²) in [6, 6.07) is 10.8. The number of nitrogens with one attached hydrogen (secondary N) is 1. The Labute approximate surface area is 221 Å². The molecule has 2 N–H and O–H groups in total. The van der Waals surface area contributed by atoms with Gasteiger partial charge in [0.05, 0.1) is 41.3 Å². The summed E-state index contributed by atoms with van der Waals surface area (Å²) in [7, 11) is 1.90. The van der Waals surface area contributed by atoms with Gasteiger partial charge in [-0.25, -0.2) is 19.2 Å². The van der Waals surface area contributed by atoms with Crippen LogP contribution in [-0.4, -0.2) is 72.1 Å². The van der Waals surface area contributed by atoms with Crippen molar-refractivity contribution in [1.29, 1.82) is 0 Å². The topological polar surface area (TPSA) is 131 Å². The average molecular weight is 532 g/mol. The number of rotatable bonds is 7. The molecule has 5 heterocycles. The van der Waals surface area contributed by atoms with Crippen molar-refractivity contribution in [2.24, 2.45) is 7.05 Å². The van der Waals surface area contributed by atoms with Crippen LogP contribution in [0.1, 0.15) is 27.4 Å². The van der Waals surface area contributed by atoms with Crippen LogP contribution in [0.25, 0.3) is 33.6 Å². The molecule has 1 aromatic carbocycles. The van der Waals surface area contributed by atoms with Gasteiger partial charge in [0.1, 0.15) is 12.2 Å². The van der Waals surface area contributed by atoms with Crippen LogP contribution in [0.15, 0.2) is 47.1 Å². The summed E-state index contributed by atoms with van der Waals surface area (Å²) < 4.78 is 22.8. The molecular formula is C27H26FN7O4. The number of alkyl halides is 1. The number of para-hydroxylation sites is 1. The Bertz CT molecular complexity index is 1720. The van der Waals surface area contributed by atoms with Crippen LogP contribution in [0.5, 0.6) is 0 Å². The molecule has 39 heavy (non-hydrogen) atoms. The lowest BCUT2D eigenvalue weighted by Gasteiger charge is -2.30. The minimum absolute atomic E-state index is 0.0618. The van der Waals surface area contributed by atoms with Gasteiger partial charge in [-0.05, 0) is 24.6 Å². The van der Waals surface area contributed by atoms with Crippen molar-refractivity contribution in [3.63, 3.8) is 0 Å². The summed E-state index contributed by atoms with van der Waals surface area (Å²) in [6.07, 6.45) is 0.752. The van der Waals surface area contributed by atoms with E-state index in [-0.39, 0.29) is 12.5 Å². The summed E-state index contributed by atoms with van der Waals surface area (Å²) in [5.74, 6) is 1.07. The number of hydrogen-bond acceptors (Lipinski definition) is 6. The molecule has 11 nitrogen and oxygen atoms in total. The number of aryl methyl sites for hydroxylation is 2. The quantitative estimate of drug-likeness (QED) is 0.328. The minimum atomic E-state index is -1.33. The second kappa shape index (κ2) is 9.53. The van der Waals surface area contributed by atoms with E-state index in [2.05, 4.69) is 40.2 Å². The smallest absolute Gasteiger partial charge is 0.405 e. The zero-order valence-electron chi connectivity index (χ0n) is 21.4. The van der Waals surface area contributed by atoms with Crippen LogP contribution in [0.2, 0.25) is 0 Å². The molecule has 0 spiro atoms. The Hall–Kier alpha value is -4.74. The molecule has 1 aliphatic heterocycles. The standard InChI is InChI=1S/C27H26FN7O4/c1-15-4-3-5-16-10-22(35(23(15)16)14-18-6-8-29-39-18)25-32-21-11-19-20(31-24(21)33(25)2)7-9-34(26(19)36)13-17(12-28)30-27(37)38/h3-6,8,10-11,17,30H,7,9,12-14H2,1-2H3,(H,37,38)/t17-/m1/s1. The second-order valence-corrected chi connectivity index (χ2v) is 9.73. The highest BCUT2D eigenvalue weighted by molar-refractivity contribution is 5.99. The van der Waals surface area contributed by atoms with E-state index in [1.54, 1.807) is 12.3 Å². The molecule has 5 aromatic rings. The number of pyridine rings is 1. The molecular weight excluding hydrogens is 505 g/mol. The van der Waals surface area contributed by atoms with Crippen molar-refractivity contribution < 1.29 is 23.6 Å². The van der Waals surface area contributed by atoms with Gasteiger partial charge < -0.3 is 29.0 Å². The molecule has 0 saturated heterocycles. The highest BCUT2D eigenvalue weighted by Crippen LogP contribution is 2.33. The fourth-order valence-electron chi connectivity index (χ4n) is 5.36. The Morgan fingerprint density at radius 1 is 1.26 bits per heavy atom. The summed E-state index contributed by atoms with van der Waals surface area (Å²) in [6.45, 7) is 1.87. The summed E-state index contributed by atoms with van der Waals surface area (Å²) >= 11 is 0. The van der Waals surface area contributed by atoms with Gasteiger partial charge in [0.25, 0.3) is 5.91 Å². The maximum absolute atomic E-state index is 13.4. The lowest BCUT2D eigenvalue weighted by atomic mass is 10.0. The fourth-order valence-corrected chi connectivity index (χ4v) is 5.36. The van der Waals surface area contributed by atoms with Crippen molar-refractivity contribution in [3.05, 3.63) is 65.2 Å². The number of nitrogens with zero attached hydrogens (tertiary/aromatic N) is 6. The van der Waals surface area contributed by atoms with Gasteiger partial charge in [-0.2, -0.15) is 0 Å². The van der Waals surface area contributed by atoms with Crippen molar-refractivity contribution in [2.75, 3.05) is 19.8 Å². The normalized spacial score (nSPS) is 14.2. The van der Waals surface area contributed by atoms with Gasteiger partial charge in [0.15, 0.2) is 17.2 Å². The first-order chi connectivity index (χ1) is 18.8. The van der Waals surface area contributed by atoms with E-state index in [9.17, 15) is 14.0 Å². The maximum atomic E-state index is 13.4. The van der Waals surface area contributed by atoms with Crippen LogP contribution in [-0.2, 0) is 20.0 Å². The fraction of sp³-hybridized carbons (Fsp3) is 0.296. The van der Waals surface area contributed by atoms with Crippen molar-refractivity contribution in [1.82, 2.24) is 34.5 Å². The number of aromatic nitrogens is 5. The molecule has 6 rings (SSSR count). The molecule has 0 bridgehead atoms. The molecule has 0 fully saturated rings. The highest BCUT2D eigenvalue weighted by Gasteiger charge is 2.30. The average Bonchev–Trinajstić information content (AvgIpc) is 3.63. The molecule has 4 aromatic heterocycles. The van der Waals surface area contributed by atoms with E-state index in [1.165, 1.54) is 4.90 Å². The van der Waals surface area contributed by atoms with E-state index in [0.29, 0.717) is 53.5 Å². The number of hydrogen-bond donors (Lipinski definition) is 2. The van der Waals surface area contributed by atoms with Crippen LogP contribution in [0.4, 0.5) is 9.18 Å². The van der Waals surface area contributed by atoms with E-state index in [1.807, 2.05) is 23.7 Å². The number of carbonyl (C=O) groups is 2. The third-order valence-corrected chi connectivity index (χ3v) is 7.17. The number of benzene rings is 1. The van der Waals surface area contributed by atoms with Crippen LogP contribution < -0.4 is 5.32 Å². The zero-order valence-corrected chi connectivity index (χ0v) is 21.4. The largest absolute Gasteiger partial charge is 0.465 e. The van der Waals surface area contributed by atoms with Crippen molar-refractivity contribution >= 4 is 34.1 Å². The highest BCUT2D eigenvalue weighted by atomic mass is 19.1. The Kier molecular flexibility index (Phi) is 6.01. The molecule has 1 aliphatic rings. The van der Waals surface area contributed by atoms with Crippen LogP contribution >= 0.6 is 0 Å². The summed E-state index contributed by atoms with van der Waals surface area (Å²) in [5, 5.41) is 16.0. The van der Waals surface area contributed by atoms with Crippen molar-refractivity contribution in [2.45, 2.75) is 25.9 Å². The third-order valence-electron chi connectivity index (χ3n) is 7.17. The van der Waals surface area contributed by atoms with Gasteiger partial charge in [0.2, 0.25) is 0 Å². The molecule has 0 aliphatic carbocycles. The van der Waals surface area contributed by atoms with Gasteiger partial charge in [-0.3, -0.25) is 4.79 Å². The molecule has 12 heteroatoms. The minimum Gasteiger partial charge on any atom is -0.465 e. The van der Waals surface area contributed by atoms with Gasteiger partial charge in [0, 0.05) is 38.0 Å². The first-order valence-electron chi connectivity index (χ1n) is 12.5. The summed E-state index contributed by atoms with van der Waals surface area (Å²) in [4.78, 5) is 35.4. The Morgan fingerprint density at radius 3 is 2.85 bits per heavy atom. The SMILES string of the molecule is Cc1cccc2cc(-c3nc4cc5c(nc4n3C)CCN(C[C@@H](CF)NC(=O)O)C5=O)n(Cc3ccno3)c12. The Morgan fingerprint density at radius 2 is 2.10 bits per heavy atom. The molecule has 200 valence electrons. The predicted octanol–water partition coefficient (Wildman–Crippen LogP) is 3.54. The van der Waals surface area contributed by atoms with Gasteiger partial charge in [-0.15, -0.1) is 0 Å². The third kappa shape index (κ3) is 4.27. The van der Waals surface area contributed by atoms with E-state index < -0.39 is 18.8 Å². The first kappa shape index (κ1) is 24.6.